The van der Waals surface area contributed by atoms with Crippen LogP contribution in [0.4, 0.5) is 0 Å². The molecule has 15 N–H and O–H groups in total. The van der Waals surface area contributed by atoms with Gasteiger partial charge in [-0.25, -0.2) is 4.98 Å². The summed E-state index contributed by atoms with van der Waals surface area (Å²) in [5.41, 5.74) is 19.5. The number of nitrogens with one attached hydrogen (secondary N) is 9. The first-order valence-corrected chi connectivity index (χ1v) is 23.2. The minimum atomic E-state index is -1.40. The molecule has 2 unspecified atom stereocenters. The van der Waals surface area contributed by atoms with Crippen molar-refractivity contribution in [2.45, 2.75) is 120 Å². The normalized spacial score (nSPS) is 21.6. The summed E-state index contributed by atoms with van der Waals surface area (Å²) in [5.74, 6) is -5.99. The lowest BCUT2D eigenvalue weighted by Gasteiger charge is -2.27. The van der Waals surface area contributed by atoms with E-state index in [-0.39, 0.29) is 64.0 Å². The molecule has 0 radical (unpaired) electrons. The van der Waals surface area contributed by atoms with Crippen LogP contribution in [0.3, 0.4) is 0 Å². The van der Waals surface area contributed by atoms with Crippen LogP contribution in [0.15, 0.2) is 78.3 Å². The number of hydrogen-bond donors (Lipinski definition) is 12. The van der Waals surface area contributed by atoms with Gasteiger partial charge in [-0.1, -0.05) is 61.9 Å². The fourth-order valence-electron chi connectivity index (χ4n) is 7.81. The first-order valence-electron chi connectivity index (χ1n) is 23.2. The number of H-pyrrole nitrogens is 2. The van der Waals surface area contributed by atoms with Crippen LogP contribution >= 0.6 is 0 Å². The number of aromatic amines is 2. The van der Waals surface area contributed by atoms with E-state index in [1.807, 2.05) is 31.2 Å². The van der Waals surface area contributed by atoms with Crippen molar-refractivity contribution in [1.29, 1.82) is 0 Å². The Kier molecular flexibility index (Phi) is 20.1. The van der Waals surface area contributed by atoms with E-state index in [1.165, 1.54) is 12.5 Å². The van der Waals surface area contributed by atoms with Gasteiger partial charge in [0.2, 0.25) is 47.3 Å². The van der Waals surface area contributed by atoms with Crippen LogP contribution in [0.1, 0.15) is 81.5 Å². The number of para-hydroxylation sites is 1. The minimum Gasteiger partial charge on any atom is -0.370 e. The summed E-state index contributed by atoms with van der Waals surface area (Å²) in [6, 6.07) is 8.24. The number of guanidine groups is 1. The third kappa shape index (κ3) is 16.8. The zero-order valence-electron chi connectivity index (χ0n) is 38.7. The Hall–Kier alpha value is -7.78. The van der Waals surface area contributed by atoms with Crippen LogP contribution in [0.2, 0.25) is 0 Å². The molecule has 3 heterocycles. The largest absolute Gasteiger partial charge is 0.370 e. The SMILES string of the molecule is CCCCC(=O)NC1CC(=O)NCCCC[C@@H](C(N)=O)NC(=O)[C@H](Cc2c[nH]c3ccccc23)NC(=O)[C@H](CCCN=C(N)N)NC(=O)[C@@H](Cc2ccccc2)NC(=O)C(Cc2cnc[nH]2)NC1=O. The van der Waals surface area contributed by atoms with E-state index in [2.05, 4.69) is 57.2 Å². The molecule has 370 valence electrons. The number of carbonyl (C=O) groups excluding carboxylic acids is 8. The maximum atomic E-state index is 14.6. The maximum absolute atomic E-state index is 14.6. The van der Waals surface area contributed by atoms with Crippen molar-refractivity contribution in [3.05, 3.63) is 90.1 Å². The second-order valence-corrected chi connectivity index (χ2v) is 17.0. The van der Waals surface area contributed by atoms with Gasteiger partial charge in [0.05, 0.1) is 12.7 Å². The summed E-state index contributed by atoms with van der Waals surface area (Å²) in [7, 11) is 0. The van der Waals surface area contributed by atoms with E-state index in [4.69, 9.17) is 17.2 Å². The summed E-state index contributed by atoms with van der Waals surface area (Å²) in [6.07, 6.45) is 6.04. The number of amides is 8. The molecular weight excluding hydrogens is 889 g/mol. The highest BCUT2D eigenvalue weighted by Gasteiger charge is 2.34. The van der Waals surface area contributed by atoms with Gasteiger partial charge >= 0.3 is 0 Å². The molecule has 0 aliphatic carbocycles. The lowest BCUT2D eigenvalue weighted by molar-refractivity contribution is -0.136. The van der Waals surface area contributed by atoms with E-state index in [1.54, 1.807) is 36.5 Å². The van der Waals surface area contributed by atoms with E-state index < -0.39 is 89.9 Å². The molecule has 6 atom stereocenters. The molecule has 2 aromatic carbocycles. The van der Waals surface area contributed by atoms with Crippen LogP contribution in [-0.4, -0.2) is 118 Å². The smallest absolute Gasteiger partial charge is 0.243 e. The number of rotatable bonds is 15. The van der Waals surface area contributed by atoms with Crippen molar-refractivity contribution in [1.82, 2.24) is 52.2 Å². The molecule has 4 aromatic rings. The molecule has 5 rings (SSSR count). The second kappa shape index (κ2) is 26.5. The fraction of sp³-hybridized carbons (Fsp3) is 0.447. The standard InChI is InChI=1S/C47H64N14O8/c1-2-3-18-39(62)56-38-24-40(63)52-19-10-9-16-33(41(48)64)57-44(67)36(22-29-25-54-32-15-8-7-14-31(29)32)60-42(65)34(17-11-20-53-47(49)50)58-43(66)35(21-28-12-5-4-6-13-28)59-45(68)37(61-46(38)69)23-30-26-51-27-55-30/h4-8,12-15,25-27,33-38,54H,2-3,9-11,16-24H2,1H3,(H2,48,64)(H,51,55)(H,52,63)(H,56,62)(H,57,67)(H,58,66)(H,59,68)(H,60,65)(H,61,69)(H4,49,50,53)/t33-,34-,35+,36-,37?,38?/m0/s1. The van der Waals surface area contributed by atoms with Crippen LogP contribution in [-0.2, 0) is 57.6 Å². The number of carbonyl (C=O) groups is 8. The van der Waals surface area contributed by atoms with Crippen molar-refractivity contribution in [2.24, 2.45) is 22.2 Å². The van der Waals surface area contributed by atoms with Gasteiger partial charge in [0.1, 0.15) is 36.3 Å². The Bertz CT molecular complexity index is 2400. The molecule has 1 fully saturated rings. The first-order chi connectivity index (χ1) is 33.2. The number of benzene rings is 2. The molecule has 22 nitrogen and oxygen atoms in total. The average molecular weight is 953 g/mol. The third-order valence-electron chi connectivity index (χ3n) is 11.5. The van der Waals surface area contributed by atoms with Crippen LogP contribution in [0, 0.1) is 0 Å². The van der Waals surface area contributed by atoms with Crippen molar-refractivity contribution in [3.63, 3.8) is 0 Å². The van der Waals surface area contributed by atoms with Crippen LogP contribution < -0.4 is 54.4 Å². The Morgan fingerprint density at radius 3 is 2.09 bits per heavy atom. The lowest BCUT2D eigenvalue weighted by atomic mass is 10.0. The summed E-state index contributed by atoms with van der Waals surface area (Å²) in [5, 5.41) is 19.9. The average Bonchev–Trinajstić information content (AvgIpc) is 4.00. The number of aliphatic imine (C=N–C) groups is 1. The Labute approximate surface area is 399 Å². The Balaban J connectivity index is 1.54. The predicted octanol–water partition coefficient (Wildman–Crippen LogP) is -0.753. The zero-order valence-corrected chi connectivity index (χ0v) is 38.7. The Morgan fingerprint density at radius 2 is 1.39 bits per heavy atom. The van der Waals surface area contributed by atoms with E-state index in [0.29, 0.717) is 42.5 Å². The second-order valence-electron chi connectivity index (χ2n) is 17.0. The lowest BCUT2D eigenvalue weighted by Crippen LogP contribution is -2.60. The summed E-state index contributed by atoms with van der Waals surface area (Å²) >= 11 is 0. The molecule has 8 amide bonds. The minimum absolute atomic E-state index is 0.0255. The van der Waals surface area contributed by atoms with Gasteiger partial charge in [0.15, 0.2) is 5.96 Å². The highest BCUT2D eigenvalue weighted by atomic mass is 16.2. The van der Waals surface area contributed by atoms with E-state index in [9.17, 15) is 38.4 Å². The van der Waals surface area contributed by atoms with E-state index >= 15 is 0 Å². The number of hydrogen-bond acceptors (Lipinski definition) is 10. The molecular formula is C47H64N14O8. The molecule has 0 spiro atoms. The molecule has 69 heavy (non-hydrogen) atoms. The number of nitrogens with two attached hydrogens (primary N) is 3. The first kappa shape index (κ1) is 52.2. The van der Waals surface area contributed by atoms with Gasteiger partial charge < -0.3 is 64.4 Å². The number of unbranched alkanes of at least 4 members (excludes halogenated alkanes) is 1. The number of aromatic nitrogens is 3. The monoisotopic (exact) mass is 953 g/mol. The fourth-order valence-corrected chi connectivity index (χ4v) is 7.81. The maximum Gasteiger partial charge on any atom is 0.243 e. The van der Waals surface area contributed by atoms with Gasteiger partial charge in [0.25, 0.3) is 0 Å². The van der Waals surface area contributed by atoms with Gasteiger partial charge in [-0.2, -0.15) is 0 Å². The number of primary amides is 1. The van der Waals surface area contributed by atoms with Crippen molar-refractivity contribution in [2.75, 3.05) is 13.1 Å². The highest BCUT2D eigenvalue weighted by molar-refractivity contribution is 5.98. The van der Waals surface area contributed by atoms with Gasteiger partial charge in [-0.05, 0) is 55.7 Å². The molecule has 1 saturated heterocycles. The van der Waals surface area contributed by atoms with Gasteiger partial charge in [-0.3, -0.25) is 43.3 Å². The molecule has 1 aliphatic heterocycles. The summed E-state index contributed by atoms with van der Waals surface area (Å²) < 4.78 is 0. The van der Waals surface area contributed by atoms with E-state index in [0.717, 1.165) is 10.9 Å². The molecule has 2 aromatic heterocycles. The van der Waals surface area contributed by atoms with Gasteiger partial charge in [0, 0.05) is 67.8 Å². The quantitative estimate of drug-likeness (QED) is 0.0400. The van der Waals surface area contributed by atoms with Gasteiger partial charge in [-0.15, -0.1) is 0 Å². The van der Waals surface area contributed by atoms with Crippen LogP contribution in [0.5, 0.6) is 0 Å². The third-order valence-corrected chi connectivity index (χ3v) is 11.5. The van der Waals surface area contributed by atoms with Crippen molar-refractivity contribution < 1.29 is 38.4 Å². The molecule has 22 heteroatoms. The summed E-state index contributed by atoms with van der Waals surface area (Å²) in [6.45, 7) is 2.09. The topological polar surface area (TPSA) is 356 Å². The van der Waals surface area contributed by atoms with Crippen LogP contribution in [0.25, 0.3) is 10.9 Å². The Morgan fingerprint density at radius 1 is 0.739 bits per heavy atom. The predicted molar refractivity (Wildman–Crippen MR) is 256 cm³/mol. The molecule has 1 aliphatic rings. The number of imidazole rings is 1. The van der Waals surface area contributed by atoms with Crippen molar-refractivity contribution >= 4 is 64.1 Å². The molecule has 0 saturated carbocycles. The number of nitrogens with zero attached hydrogens (tertiary/aromatic N) is 2. The van der Waals surface area contributed by atoms with Crippen molar-refractivity contribution in [3.8, 4) is 0 Å². The summed E-state index contributed by atoms with van der Waals surface area (Å²) in [4.78, 5) is 125. The highest BCUT2D eigenvalue weighted by Crippen LogP contribution is 2.20. The zero-order chi connectivity index (χ0) is 49.7. The molecule has 0 bridgehead atoms. The number of fused-ring (bicyclic) bond motifs is 1.